The highest BCUT2D eigenvalue weighted by molar-refractivity contribution is 6.07. The molecule has 0 saturated heterocycles. The second kappa shape index (κ2) is 4.74. The maximum atomic E-state index is 13.5. The molecular weight excluding hydrogens is 257 g/mol. The summed E-state index contributed by atoms with van der Waals surface area (Å²) in [4.78, 5) is 15.4. The van der Waals surface area contributed by atoms with E-state index in [2.05, 4.69) is 4.98 Å². The third kappa shape index (κ3) is 2.01. The largest absolute Gasteiger partial charge is 0.478 e. The van der Waals surface area contributed by atoms with E-state index in [-0.39, 0.29) is 5.56 Å². The third-order valence-corrected chi connectivity index (χ3v) is 3.13. The van der Waals surface area contributed by atoms with Crippen LogP contribution in [0.4, 0.5) is 4.39 Å². The minimum atomic E-state index is -1.08. The Bertz CT molecular complexity index is 800. The van der Waals surface area contributed by atoms with E-state index < -0.39 is 11.8 Å². The van der Waals surface area contributed by atoms with Crippen LogP contribution in [0.2, 0.25) is 0 Å². The van der Waals surface area contributed by atoms with Crippen molar-refractivity contribution >= 4 is 16.7 Å². The van der Waals surface area contributed by atoms with Gasteiger partial charge in [-0.25, -0.2) is 9.18 Å². The average molecular weight is 267 g/mol. The van der Waals surface area contributed by atoms with Crippen molar-refractivity contribution in [2.75, 3.05) is 0 Å². The lowest BCUT2D eigenvalue weighted by molar-refractivity contribution is 0.0698. The molecule has 0 unspecified atom stereocenters. The van der Waals surface area contributed by atoms with E-state index >= 15 is 0 Å². The summed E-state index contributed by atoms with van der Waals surface area (Å²) in [6, 6.07) is 13.3. The van der Waals surface area contributed by atoms with Crippen LogP contribution < -0.4 is 0 Å². The highest BCUT2D eigenvalue weighted by atomic mass is 19.1. The number of nitrogens with zero attached hydrogens (tertiary/aromatic N) is 1. The van der Waals surface area contributed by atoms with Gasteiger partial charge in [-0.1, -0.05) is 36.4 Å². The first-order valence-corrected chi connectivity index (χ1v) is 6.04. The van der Waals surface area contributed by atoms with Crippen LogP contribution in [0.1, 0.15) is 10.4 Å². The number of hydrogen-bond donors (Lipinski definition) is 1. The van der Waals surface area contributed by atoms with Gasteiger partial charge in [-0.3, -0.25) is 4.98 Å². The van der Waals surface area contributed by atoms with E-state index in [9.17, 15) is 14.3 Å². The Morgan fingerprint density at radius 2 is 1.80 bits per heavy atom. The highest BCUT2D eigenvalue weighted by Gasteiger charge is 2.14. The zero-order valence-electron chi connectivity index (χ0n) is 10.4. The molecule has 98 valence electrons. The Morgan fingerprint density at radius 1 is 1.05 bits per heavy atom. The molecule has 3 rings (SSSR count). The minimum absolute atomic E-state index is 0.0691. The second-order valence-electron chi connectivity index (χ2n) is 4.38. The van der Waals surface area contributed by atoms with Gasteiger partial charge in [0, 0.05) is 22.5 Å². The summed E-state index contributed by atoms with van der Waals surface area (Å²) in [7, 11) is 0. The van der Waals surface area contributed by atoms with E-state index in [1.807, 2.05) is 30.3 Å². The second-order valence-corrected chi connectivity index (χ2v) is 4.38. The Balaban J connectivity index is 2.37. The minimum Gasteiger partial charge on any atom is -0.478 e. The molecule has 0 saturated carbocycles. The van der Waals surface area contributed by atoms with Gasteiger partial charge in [0.15, 0.2) is 0 Å². The van der Waals surface area contributed by atoms with E-state index in [0.29, 0.717) is 16.5 Å². The summed E-state index contributed by atoms with van der Waals surface area (Å²) >= 11 is 0. The van der Waals surface area contributed by atoms with Gasteiger partial charge in [0.2, 0.25) is 0 Å². The van der Waals surface area contributed by atoms with Crippen LogP contribution in [0.3, 0.4) is 0 Å². The fourth-order valence-corrected chi connectivity index (χ4v) is 2.21. The van der Waals surface area contributed by atoms with Gasteiger partial charge >= 0.3 is 5.97 Å². The van der Waals surface area contributed by atoms with Crippen molar-refractivity contribution < 1.29 is 14.3 Å². The summed E-state index contributed by atoms with van der Waals surface area (Å²) in [5.74, 6) is -1.49. The number of carboxylic acids is 1. The Kier molecular flexibility index (Phi) is 2.91. The molecule has 0 atom stereocenters. The number of pyridine rings is 1. The zero-order valence-corrected chi connectivity index (χ0v) is 10.4. The normalized spacial score (nSPS) is 10.7. The Morgan fingerprint density at radius 3 is 2.50 bits per heavy atom. The van der Waals surface area contributed by atoms with E-state index in [0.717, 1.165) is 5.56 Å². The molecule has 0 radical (unpaired) electrons. The van der Waals surface area contributed by atoms with Crippen molar-refractivity contribution in [1.82, 2.24) is 4.98 Å². The predicted molar refractivity (Wildman–Crippen MR) is 74.1 cm³/mol. The van der Waals surface area contributed by atoms with Gasteiger partial charge in [-0.15, -0.1) is 0 Å². The van der Waals surface area contributed by atoms with Crippen LogP contribution >= 0.6 is 0 Å². The third-order valence-electron chi connectivity index (χ3n) is 3.13. The number of rotatable bonds is 2. The number of hydrogen-bond acceptors (Lipinski definition) is 2. The molecular formula is C16H10FNO2. The molecule has 0 aliphatic rings. The molecule has 3 aromatic rings. The molecule has 1 aromatic heterocycles. The summed E-state index contributed by atoms with van der Waals surface area (Å²) in [6.07, 6.45) is 1.31. The quantitative estimate of drug-likeness (QED) is 0.769. The zero-order chi connectivity index (χ0) is 14.1. The Hall–Kier alpha value is -2.75. The van der Waals surface area contributed by atoms with Gasteiger partial charge in [-0.2, -0.15) is 0 Å². The van der Waals surface area contributed by atoms with Crippen LogP contribution in [0.5, 0.6) is 0 Å². The lowest BCUT2D eigenvalue weighted by Crippen LogP contribution is -2.00. The predicted octanol–water partition coefficient (Wildman–Crippen LogP) is 3.74. The molecule has 20 heavy (non-hydrogen) atoms. The number of aromatic nitrogens is 1. The molecule has 3 nitrogen and oxygen atoms in total. The fourth-order valence-electron chi connectivity index (χ4n) is 2.21. The molecule has 0 fully saturated rings. The lowest BCUT2D eigenvalue weighted by atomic mass is 10.0. The van der Waals surface area contributed by atoms with Crippen LogP contribution in [0.25, 0.3) is 22.0 Å². The van der Waals surface area contributed by atoms with Crippen molar-refractivity contribution in [1.29, 1.82) is 0 Å². The van der Waals surface area contributed by atoms with Crippen LogP contribution in [0.15, 0.2) is 54.7 Å². The topological polar surface area (TPSA) is 50.2 Å². The number of carbonyl (C=O) groups is 1. The smallest absolute Gasteiger partial charge is 0.337 e. The van der Waals surface area contributed by atoms with Gasteiger partial charge in [-0.05, 0) is 12.1 Å². The summed E-state index contributed by atoms with van der Waals surface area (Å²) in [5.41, 5.74) is 1.46. The summed E-state index contributed by atoms with van der Waals surface area (Å²) < 4.78 is 13.5. The van der Waals surface area contributed by atoms with Crippen molar-refractivity contribution in [3.8, 4) is 11.3 Å². The van der Waals surface area contributed by atoms with Gasteiger partial charge in [0.25, 0.3) is 0 Å². The van der Waals surface area contributed by atoms with E-state index in [1.165, 1.54) is 24.4 Å². The fraction of sp³-hybridized carbons (Fsp3) is 0. The maximum absolute atomic E-state index is 13.5. The number of fused-ring (bicyclic) bond motifs is 1. The first-order valence-electron chi connectivity index (χ1n) is 6.04. The van der Waals surface area contributed by atoms with E-state index in [1.54, 1.807) is 0 Å². The monoisotopic (exact) mass is 267 g/mol. The van der Waals surface area contributed by atoms with Gasteiger partial charge in [0.1, 0.15) is 5.82 Å². The van der Waals surface area contributed by atoms with Crippen molar-refractivity contribution in [2.45, 2.75) is 0 Å². The highest BCUT2D eigenvalue weighted by Crippen LogP contribution is 2.29. The molecule has 1 heterocycles. The SMILES string of the molecule is O=C(O)c1cnc(-c2ccccc2)c2cc(F)ccc12. The van der Waals surface area contributed by atoms with Crippen molar-refractivity contribution in [2.24, 2.45) is 0 Å². The molecule has 0 spiro atoms. The number of halogens is 1. The molecule has 4 heteroatoms. The summed E-state index contributed by atoms with van der Waals surface area (Å²) in [5, 5.41) is 10.2. The van der Waals surface area contributed by atoms with Crippen LogP contribution in [-0.4, -0.2) is 16.1 Å². The van der Waals surface area contributed by atoms with Crippen LogP contribution in [-0.2, 0) is 0 Å². The van der Waals surface area contributed by atoms with Gasteiger partial charge < -0.3 is 5.11 Å². The molecule has 0 aliphatic heterocycles. The summed E-state index contributed by atoms with van der Waals surface area (Å²) in [6.45, 7) is 0. The van der Waals surface area contributed by atoms with Crippen molar-refractivity contribution in [3.05, 3.63) is 66.1 Å². The standard InChI is InChI=1S/C16H10FNO2/c17-11-6-7-12-13(8-11)15(10-4-2-1-3-5-10)18-9-14(12)16(19)20/h1-9H,(H,19,20). The Labute approximate surface area is 114 Å². The number of aromatic carboxylic acids is 1. The maximum Gasteiger partial charge on any atom is 0.337 e. The van der Waals surface area contributed by atoms with E-state index in [4.69, 9.17) is 0 Å². The molecule has 1 N–H and O–H groups in total. The average Bonchev–Trinajstić information content (AvgIpc) is 2.46. The molecule has 2 aromatic carbocycles. The van der Waals surface area contributed by atoms with Gasteiger partial charge in [0.05, 0.1) is 11.3 Å². The number of benzene rings is 2. The molecule has 0 bridgehead atoms. The van der Waals surface area contributed by atoms with Crippen molar-refractivity contribution in [3.63, 3.8) is 0 Å². The lowest BCUT2D eigenvalue weighted by Gasteiger charge is -2.08. The molecule has 0 amide bonds. The molecule has 0 aliphatic carbocycles. The number of carboxylic acid groups (broad SMARTS) is 1. The first kappa shape index (κ1) is 12.3. The first-order chi connectivity index (χ1) is 9.66. The van der Waals surface area contributed by atoms with Crippen LogP contribution in [0, 0.1) is 5.82 Å².